The normalized spacial score (nSPS) is 23.4. The second-order valence-corrected chi connectivity index (χ2v) is 9.53. The minimum Gasteiger partial charge on any atom is -0.495 e. The Morgan fingerprint density at radius 3 is 2.55 bits per heavy atom. The Bertz CT molecular complexity index is 915. The molecule has 0 aromatic heterocycles. The van der Waals surface area contributed by atoms with E-state index in [0.29, 0.717) is 12.5 Å². The molecule has 33 heavy (non-hydrogen) atoms. The molecule has 6 nitrogen and oxygen atoms in total. The first-order valence-electron chi connectivity index (χ1n) is 12.3. The summed E-state index contributed by atoms with van der Waals surface area (Å²) >= 11 is 0. The van der Waals surface area contributed by atoms with E-state index in [1.165, 1.54) is 18.4 Å². The second kappa shape index (κ2) is 10.9. The maximum atomic E-state index is 12.5. The summed E-state index contributed by atoms with van der Waals surface area (Å²) in [5, 5.41) is 9.30. The number of hydrogen-bond acceptors (Lipinski definition) is 4. The van der Waals surface area contributed by atoms with Crippen molar-refractivity contribution in [2.24, 2.45) is 5.92 Å². The van der Waals surface area contributed by atoms with E-state index < -0.39 is 5.97 Å². The molecule has 3 aliphatic rings. The van der Waals surface area contributed by atoms with Gasteiger partial charge in [0.1, 0.15) is 6.61 Å². The average molecular weight is 454 g/mol. The third-order valence-electron chi connectivity index (χ3n) is 7.28. The molecule has 0 bridgehead atoms. The van der Waals surface area contributed by atoms with Gasteiger partial charge in [0.25, 0.3) is 0 Å². The molecule has 0 aliphatic heterocycles. The number of carboxylic acids is 1. The number of carboxylic acid groups (broad SMARTS) is 1. The van der Waals surface area contributed by atoms with E-state index in [2.05, 4.69) is 12.1 Å². The summed E-state index contributed by atoms with van der Waals surface area (Å²) in [6.45, 7) is 0.259. The summed E-state index contributed by atoms with van der Waals surface area (Å²) in [6.07, 6.45) is 13.1. The smallest absolute Gasteiger partial charge is 0.410 e. The number of allylic oxidation sites excluding steroid dienone is 4. The number of hydrogen-bond donors (Lipinski definition) is 1. The molecule has 1 aromatic rings. The highest BCUT2D eigenvalue weighted by molar-refractivity contribution is 5.72. The zero-order chi connectivity index (χ0) is 23.2. The predicted octanol–water partition coefficient (Wildman–Crippen LogP) is 5.92. The van der Waals surface area contributed by atoms with Crippen LogP contribution in [-0.4, -0.2) is 41.3 Å². The molecule has 2 saturated carbocycles. The lowest BCUT2D eigenvalue weighted by atomic mass is 9.87. The van der Waals surface area contributed by atoms with Crippen LogP contribution >= 0.6 is 0 Å². The standard InChI is InChI=1S/C27H35NO5/c1-28(22-9-3-4-10-22)27(31)32-18-21-7-2-5-12-25(21)19-13-15-23(16-14-19)33-24-11-6-8-20(17-24)26(29)30/h2,5,7,12-13,15,20,22,24H,3-4,6,8-11,14,16-18H2,1H3,(H,29,30)/t20-,24-/m0/s1. The van der Waals surface area contributed by atoms with E-state index >= 15 is 0 Å². The Morgan fingerprint density at radius 1 is 1.03 bits per heavy atom. The van der Waals surface area contributed by atoms with Gasteiger partial charge in [-0.3, -0.25) is 4.79 Å². The molecule has 6 heteroatoms. The van der Waals surface area contributed by atoms with Gasteiger partial charge in [-0.25, -0.2) is 4.79 Å². The summed E-state index contributed by atoms with van der Waals surface area (Å²) in [6, 6.07) is 8.38. The third kappa shape index (κ3) is 5.98. The largest absolute Gasteiger partial charge is 0.495 e. The van der Waals surface area contributed by atoms with Gasteiger partial charge in [-0.05, 0) is 67.7 Å². The number of ether oxygens (including phenoxy) is 2. The van der Waals surface area contributed by atoms with Gasteiger partial charge >= 0.3 is 12.1 Å². The van der Waals surface area contributed by atoms with Crippen LogP contribution in [0.3, 0.4) is 0 Å². The summed E-state index contributed by atoms with van der Waals surface area (Å²) in [5.74, 6) is -0.0759. The quantitative estimate of drug-likeness (QED) is 0.555. The molecule has 1 aromatic carbocycles. The van der Waals surface area contributed by atoms with E-state index in [0.717, 1.165) is 61.8 Å². The number of nitrogens with zero attached hydrogens (tertiary/aromatic N) is 1. The Labute approximate surface area is 196 Å². The first-order chi connectivity index (χ1) is 16.0. The summed E-state index contributed by atoms with van der Waals surface area (Å²) in [5.41, 5.74) is 3.31. The first-order valence-corrected chi connectivity index (χ1v) is 12.3. The molecule has 178 valence electrons. The highest BCUT2D eigenvalue weighted by Gasteiger charge is 2.29. The average Bonchev–Trinajstić information content (AvgIpc) is 3.38. The molecule has 3 aliphatic carbocycles. The van der Waals surface area contributed by atoms with Crippen molar-refractivity contribution in [3.05, 3.63) is 53.3 Å². The fourth-order valence-electron chi connectivity index (χ4n) is 5.27. The zero-order valence-corrected chi connectivity index (χ0v) is 19.5. The van der Waals surface area contributed by atoms with Gasteiger partial charge in [0.05, 0.1) is 17.8 Å². The topological polar surface area (TPSA) is 76.1 Å². The number of carbonyl (C=O) groups excluding carboxylic acids is 1. The lowest BCUT2D eigenvalue weighted by Crippen LogP contribution is -2.35. The van der Waals surface area contributed by atoms with Gasteiger partial charge in [0, 0.05) is 19.5 Å². The highest BCUT2D eigenvalue weighted by atomic mass is 16.6. The third-order valence-corrected chi connectivity index (χ3v) is 7.28. The van der Waals surface area contributed by atoms with Gasteiger partial charge in [-0.2, -0.15) is 0 Å². The Balaban J connectivity index is 1.36. The van der Waals surface area contributed by atoms with Crippen LogP contribution in [0.1, 0.15) is 75.3 Å². The highest BCUT2D eigenvalue weighted by Crippen LogP contribution is 2.33. The van der Waals surface area contributed by atoms with E-state index in [4.69, 9.17) is 9.47 Å². The van der Waals surface area contributed by atoms with Gasteiger partial charge in [-0.15, -0.1) is 0 Å². The first kappa shape index (κ1) is 23.4. The van der Waals surface area contributed by atoms with Gasteiger partial charge in [0.2, 0.25) is 0 Å². The summed E-state index contributed by atoms with van der Waals surface area (Å²) < 4.78 is 11.8. The van der Waals surface area contributed by atoms with Gasteiger partial charge < -0.3 is 19.5 Å². The minimum atomic E-state index is -0.713. The van der Waals surface area contributed by atoms with Crippen molar-refractivity contribution in [2.75, 3.05) is 7.05 Å². The molecule has 0 unspecified atom stereocenters. The SMILES string of the molecule is CN(C(=O)OCc1ccccc1C1=CC=C(O[C@H]2CCC[C@H](C(=O)O)C2)CC1)C1CCCC1. The van der Waals surface area contributed by atoms with Gasteiger partial charge in [-0.1, -0.05) is 43.2 Å². The van der Waals surface area contributed by atoms with Crippen LogP contribution in [0.25, 0.3) is 5.57 Å². The summed E-state index contributed by atoms with van der Waals surface area (Å²) in [7, 11) is 1.84. The predicted molar refractivity (Wildman–Crippen MR) is 126 cm³/mol. The number of aliphatic carboxylic acids is 1. The van der Waals surface area contributed by atoms with Gasteiger partial charge in [0.15, 0.2) is 0 Å². The number of benzene rings is 1. The lowest BCUT2D eigenvalue weighted by molar-refractivity contribution is -0.144. The maximum absolute atomic E-state index is 12.5. The minimum absolute atomic E-state index is 0.00962. The van der Waals surface area contributed by atoms with Crippen molar-refractivity contribution in [1.82, 2.24) is 4.90 Å². The van der Waals surface area contributed by atoms with Crippen LogP contribution in [0, 0.1) is 5.92 Å². The molecule has 0 spiro atoms. The monoisotopic (exact) mass is 453 g/mol. The molecule has 2 fully saturated rings. The fourth-order valence-corrected chi connectivity index (χ4v) is 5.27. The van der Waals surface area contributed by atoms with Crippen LogP contribution in [0.15, 0.2) is 42.2 Å². The molecular formula is C27H35NO5. The van der Waals surface area contributed by atoms with Crippen molar-refractivity contribution in [3.8, 4) is 0 Å². The number of carbonyl (C=O) groups is 2. The molecule has 0 heterocycles. The summed E-state index contributed by atoms with van der Waals surface area (Å²) in [4.78, 5) is 25.6. The van der Waals surface area contributed by atoms with E-state index in [1.807, 2.05) is 31.3 Å². The number of rotatable bonds is 7. The lowest BCUT2D eigenvalue weighted by Gasteiger charge is -2.29. The second-order valence-electron chi connectivity index (χ2n) is 9.53. The molecule has 0 radical (unpaired) electrons. The van der Waals surface area contributed by atoms with E-state index in [1.54, 1.807) is 4.90 Å². The molecular weight excluding hydrogens is 418 g/mol. The zero-order valence-electron chi connectivity index (χ0n) is 19.5. The van der Waals surface area contributed by atoms with Crippen molar-refractivity contribution in [2.45, 2.75) is 83.0 Å². The Morgan fingerprint density at radius 2 is 1.82 bits per heavy atom. The molecule has 0 saturated heterocycles. The van der Waals surface area contributed by atoms with Crippen LogP contribution < -0.4 is 0 Å². The number of amides is 1. The molecule has 4 rings (SSSR count). The Kier molecular flexibility index (Phi) is 7.73. The van der Waals surface area contributed by atoms with Crippen molar-refractivity contribution < 1.29 is 24.2 Å². The van der Waals surface area contributed by atoms with Crippen LogP contribution in [0.2, 0.25) is 0 Å². The van der Waals surface area contributed by atoms with E-state index in [9.17, 15) is 14.7 Å². The van der Waals surface area contributed by atoms with Crippen molar-refractivity contribution in [3.63, 3.8) is 0 Å². The van der Waals surface area contributed by atoms with Crippen molar-refractivity contribution in [1.29, 1.82) is 0 Å². The Hall–Kier alpha value is -2.76. The molecule has 2 atom stereocenters. The molecule has 1 N–H and O–H groups in total. The van der Waals surface area contributed by atoms with Crippen LogP contribution in [0.4, 0.5) is 4.79 Å². The van der Waals surface area contributed by atoms with E-state index in [-0.39, 0.29) is 24.7 Å². The van der Waals surface area contributed by atoms with Crippen molar-refractivity contribution >= 4 is 17.6 Å². The van der Waals surface area contributed by atoms with Crippen LogP contribution in [-0.2, 0) is 20.9 Å². The maximum Gasteiger partial charge on any atom is 0.410 e. The molecule has 1 amide bonds. The van der Waals surface area contributed by atoms with Crippen LogP contribution in [0.5, 0.6) is 0 Å². The fraction of sp³-hybridized carbons (Fsp3) is 0.556.